The molecule has 0 aliphatic carbocycles. The first-order valence-electron chi connectivity index (χ1n) is 5.78. The van der Waals surface area contributed by atoms with Crippen LogP contribution in [0.4, 0.5) is 0 Å². The van der Waals surface area contributed by atoms with Crippen molar-refractivity contribution in [1.82, 2.24) is 0 Å². The van der Waals surface area contributed by atoms with Crippen molar-refractivity contribution in [2.45, 2.75) is 12.8 Å². The second kappa shape index (κ2) is 5.47. The molecule has 1 aromatic rings. The minimum absolute atomic E-state index is 0.205. The highest BCUT2D eigenvalue weighted by Crippen LogP contribution is 2.31. The summed E-state index contributed by atoms with van der Waals surface area (Å²) in [5, 5.41) is 0. The second-order valence-corrected chi connectivity index (χ2v) is 4.80. The maximum absolute atomic E-state index is 5.86. The Hall–Kier alpha value is -1.13. The average molecular weight is 251 g/mol. The molecule has 0 aromatic heterocycles. The van der Waals surface area contributed by atoms with Crippen LogP contribution in [0.25, 0.3) is 0 Å². The number of hydrogen-bond donors (Lipinski definition) is 1. The molecule has 1 fully saturated rings. The number of benzene rings is 1. The molecule has 0 atom stereocenters. The van der Waals surface area contributed by atoms with Crippen LogP contribution in [-0.2, 0) is 4.74 Å². The fourth-order valence-corrected chi connectivity index (χ4v) is 2.23. The van der Waals surface area contributed by atoms with Crippen molar-refractivity contribution in [3.05, 3.63) is 30.3 Å². The SMILES string of the molecule is NC(=S)C1(COc2ccccc2)CCOCC1. The molecule has 0 spiro atoms. The van der Waals surface area contributed by atoms with Gasteiger partial charge in [0, 0.05) is 13.2 Å². The summed E-state index contributed by atoms with van der Waals surface area (Å²) >= 11 is 5.19. The van der Waals surface area contributed by atoms with E-state index in [-0.39, 0.29) is 5.41 Å². The van der Waals surface area contributed by atoms with Crippen LogP contribution in [0.15, 0.2) is 30.3 Å². The topological polar surface area (TPSA) is 44.5 Å². The first kappa shape index (κ1) is 12.3. The number of hydrogen-bond acceptors (Lipinski definition) is 3. The number of ether oxygens (including phenoxy) is 2. The van der Waals surface area contributed by atoms with Gasteiger partial charge in [-0.25, -0.2) is 0 Å². The molecule has 0 saturated carbocycles. The lowest BCUT2D eigenvalue weighted by Gasteiger charge is -2.35. The lowest BCUT2D eigenvalue weighted by molar-refractivity contribution is 0.0254. The summed E-state index contributed by atoms with van der Waals surface area (Å²) in [6.07, 6.45) is 1.68. The van der Waals surface area contributed by atoms with Gasteiger partial charge in [0.1, 0.15) is 12.4 Å². The van der Waals surface area contributed by atoms with Gasteiger partial charge in [0.15, 0.2) is 0 Å². The Bertz CT molecular complexity index is 374. The summed E-state index contributed by atoms with van der Waals surface area (Å²) < 4.78 is 11.1. The molecule has 2 rings (SSSR count). The van der Waals surface area contributed by atoms with Gasteiger partial charge in [-0.3, -0.25) is 0 Å². The molecule has 1 aliphatic rings. The molecule has 1 aromatic carbocycles. The molecular formula is C13H17NO2S. The van der Waals surface area contributed by atoms with Crippen LogP contribution in [-0.4, -0.2) is 24.8 Å². The molecule has 0 radical (unpaired) electrons. The lowest BCUT2D eigenvalue weighted by atomic mass is 9.81. The molecule has 1 saturated heterocycles. The fraction of sp³-hybridized carbons (Fsp3) is 0.462. The predicted octanol–water partition coefficient (Wildman–Crippen LogP) is 2.15. The zero-order valence-corrected chi connectivity index (χ0v) is 10.5. The van der Waals surface area contributed by atoms with Crippen LogP contribution in [0.3, 0.4) is 0 Å². The highest BCUT2D eigenvalue weighted by atomic mass is 32.1. The first-order valence-corrected chi connectivity index (χ1v) is 6.19. The Morgan fingerprint density at radius 3 is 2.53 bits per heavy atom. The van der Waals surface area contributed by atoms with E-state index in [0.29, 0.717) is 24.8 Å². The highest BCUT2D eigenvalue weighted by Gasteiger charge is 2.36. The van der Waals surface area contributed by atoms with E-state index in [1.807, 2.05) is 30.3 Å². The summed E-state index contributed by atoms with van der Waals surface area (Å²) in [5.41, 5.74) is 5.66. The van der Waals surface area contributed by atoms with E-state index in [9.17, 15) is 0 Å². The molecule has 0 bridgehead atoms. The van der Waals surface area contributed by atoms with Gasteiger partial charge in [-0.05, 0) is 25.0 Å². The van der Waals surface area contributed by atoms with Crippen LogP contribution < -0.4 is 10.5 Å². The van der Waals surface area contributed by atoms with E-state index < -0.39 is 0 Å². The van der Waals surface area contributed by atoms with E-state index in [1.54, 1.807) is 0 Å². The van der Waals surface area contributed by atoms with Crippen molar-refractivity contribution in [1.29, 1.82) is 0 Å². The largest absolute Gasteiger partial charge is 0.493 e. The summed E-state index contributed by atoms with van der Waals surface area (Å²) in [6, 6.07) is 9.74. The van der Waals surface area contributed by atoms with Crippen molar-refractivity contribution in [2.75, 3.05) is 19.8 Å². The molecule has 4 heteroatoms. The van der Waals surface area contributed by atoms with Gasteiger partial charge in [-0.15, -0.1) is 0 Å². The molecule has 92 valence electrons. The second-order valence-electron chi connectivity index (χ2n) is 4.36. The number of nitrogens with two attached hydrogens (primary N) is 1. The minimum atomic E-state index is -0.205. The number of para-hydroxylation sites is 1. The Labute approximate surface area is 107 Å². The smallest absolute Gasteiger partial charge is 0.119 e. The average Bonchev–Trinajstić information content (AvgIpc) is 2.38. The standard InChI is InChI=1S/C13H17NO2S/c14-12(17)13(6-8-15-9-7-13)10-16-11-4-2-1-3-5-11/h1-5H,6-10H2,(H2,14,17). The molecule has 17 heavy (non-hydrogen) atoms. The third kappa shape index (κ3) is 2.96. The van der Waals surface area contributed by atoms with E-state index in [4.69, 9.17) is 27.4 Å². The first-order chi connectivity index (χ1) is 8.23. The molecule has 2 N–H and O–H groups in total. The highest BCUT2D eigenvalue weighted by molar-refractivity contribution is 7.80. The van der Waals surface area contributed by atoms with Crippen LogP contribution in [0.5, 0.6) is 5.75 Å². The van der Waals surface area contributed by atoms with Crippen LogP contribution in [0.1, 0.15) is 12.8 Å². The van der Waals surface area contributed by atoms with E-state index in [2.05, 4.69) is 0 Å². The zero-order chi connectivity index (χ0) is 12.1. The Morgan fingerprint density at radius 1 is 1.29 bits per heavy atom. The Morgan fingerprint density at radius 2 is 1.94 bits per heavy atom. The number of rotatable bonds is 4. The van der Waals surface area contributed by atoms with Crippen LogP contribution in [0, 0.1) is 5.41 Å². The summed E-state index contributed by atoms with van der Waals surface area (Å²) in [6.45, 7) is 1.95. The summed E-state index contributed by atoms with van der Waals surface area (Å²) in [7, 11) is 0. The van der Waals surface area contributed by atoms with Gasteiger partial charge in [0.25, 0.3) is 0 Å². The third-order valence-corrected chi connectivity index (χ3v) is 3.66. The normalized spacial score (nSPS) is 18.6. The fourth-order valence-electron chi connectivity index (χ4n) is 1.96. The van der Waals surface area contributed by atoms with Crippen molar-refractivity contribution < 1.29 is 9.47 Å². The molecule has 0 unspecified atom stereocenters. The lowest BCUT2D eigenvalue weighted by Crippen LogP contribution is -2.45. The molecule has 0 amide bonds. The molecule has 1 heterocycles. The van der Waals surface area contributed by atoms with Gasteiger partial charge in [-0.2, -0.15) is 0 Å². The molecule has 1 aliphatic heterocycles. The quantitative estimate of drug-likeness (QED) is 0.833. The van der Waals surface area contributed by atoms with Gasteiger partial charge in [-0.1, -0.05) is 30.4 Å². The van der Waals surface area contributed by atoms with Crippen molar-refractivity contribution in [3.63, 3.8) is 0 Å². The van der Waals surface area contributed by atoms with E-state index >= 15 is 0 Å². The third-order valence-electron chi connectivity index (χ3n) is 3.23. The maximum atomic E-state index is 5.86. The maximum Gasteiger partial charge on any atom is 0.119 e. The predicted molar refractivity (Wildman–Crippen MR) is 71.2 cm³/mol. The van der Waals surface area contributed by atoms with Gasteiger partial charge in [0.2, 0.25) is 0 Å². The van der Waals surface area contributed by atoms with E-state index in [0.717, 1.165) is 18.6 Å². The number of thiocarbonyl (C=S) groups is 1. The molecular weight excluding hydrogens is 234 g/mol. The van der Waals surface area contributed by atoms with Crippen LogP contribution >= 0.6 is 12.2 Å². The Balaban J connectivity index is 2.01. The summed E-state index contributed by atoms with van der Waals surface area (Å²) in [4.78, 5) is 0.539. The van der Waals surface area contributed by atoms with E-state index in [1.165, 1.54) is 0 Å². The van der Waals surface area contributed by atoms with Crippen molar-refractivity contribution in [3.8, 4) is 5.75 Å². The van der Waals surface area contributed by atoms with Crippen LogP contribution in [0.2, 0.25) is 0 Å². The van der Waals surface area contributed by atoms with Crippen molar-refractivity contribution in [2.24, 2.45) is 11.1 Å². The summed E-state index contributed by atoms with van der Waals surface area (Å²) in [5.74, 6) is 0.856. The zero-order valence-electron chi connectivity index (χ0n) is 9.72. The Kier molecular flexibility index (Phi) is 3.97. The van der Waals surface area contributed by atoms with Gasteiger partial charge >= 0.3 is 0 Å². The monoisotopic (exact) mass is 251 g/mol. The van der Waals surface area contributed by atoms with Gasteiger partial charge in [0.05, 0.1) is 10.4 Å². The minimum Gasteiger partial charge on any atom is -0.493 e. The van der Waals surface area contributed by atoms with Crippen molar-refractivity contribution >= 4 is 17.2 Å². The van der Waals surface area contributed by atoms with Gasteiger partial charge < -0.3 is 15.2 Å². The molecule has 3 nitrogen and oxygen atoms in total.